The monoisotopic (exact) mass is 2140 g/mol. The van der Waals surface area contributed by atoms with Gasteiger partial charge in [-0.05, 0) is 240 Å². The average Bonchev–Trinajstić information content (AvgIpc) is 1.54. The summed E-state index contributed by atoms with van der Waals surface area (Å²) >= 11 is 0. The van der Waals surface area contributed by atoms with E-state index in [-0.39, 0.29) is 283 Å². The maximum atomic E-state index is 12.4. The van der Waals surface area contributed by atoms with Crippen molar-refractivity contribution in [1.82, 2.24) is 0 Å². The summed E-state index contributed by atoms with van der Waals surface area (Å²) in [5, 5.41) is 9.31. The molecular formula is C118H213NO31. The minimum absolute atomic E-state index is 0. The van der Waals surface area contributed by atoms with Gasteiger partial charge in [-0.25, -0.2) is 0 Å². The van der Waals surface area contributed by atoms with Gasteiger partial charge in [-0.1, -0.05) is 179 Å². The van der Waals surface area contributed by atoms with E-state index >= 15 is 0 Å². The van der Waals surface area contributed by atoms with Gasteiger partial charge < -0.3 is 75.8 Å². The van der Waals surface area contributed by atoms with E-state index in [2.05, 4.69) is 10.8 Å². The van der Waals surface area contributed by atoms with Gasteiger partial charge >= 0.3 is 89.5 Å². The lowest BCUT2D eigenvalue weighted by Gasteiger charge is -2.48. The maximum Gasteiger partial charge on any atom is 0.327 e. The first-order chi connectivity index (χ1) is 63.4. The Morgan fingerprint density at radius 3 is 1.28 bits per heavy atom. The molecule has 150 heavy (non-hydrogen) atoms. The lowest BCUT2D eigenvalue weighted by molar-refractivity contribution is -0.221. The molecule has 11 saturated heterocycles. The highest BCUT2D eigenvalue weighted by molar-refractivity contribution is 5.88. The molecule has 20 aliphatic rings. The highest BCUT2D eigenvalue weighted by Crippen LogP contribution is 2.64. The van der Waals surface area contributed by atoms with Crippen molar-refractivity contribution in [2.75, 3.05) is 20.8 Å². The molecule has 0 N–H and O–H groups in total. The van der Waals surface area contributed by atoms with Crippen molar-refractivity contribution < 1.29 is 148 Å². The highest BCUT2D eigenvalue weighted by Gasteiger charge is 2.74. The molecule has 0 radical (unpaired) electrons. The molecule has 0 aromatic heterocycles. The standard InChI is InChI=1S/C16H22O6.C15H19NO4.C15H24O4.C14H20O4.C14H22O4.C13H18O5.C8H12O2.C7H14O2.C2H6.14CH4/c1-5-16(2,3)15(19)22-12-7-6-8-10(9(7)13(17)20-4)14(18)21-11(8)12;1-4-14(2,3)12(17)19-10-8-5-9-11(10)20-13(18)15(9,6-8)7-16;1-6-13(2,3)12(17)19-14(4)8-7-10-9-15(14,5)18-11(10)16;1-4-14(2,3)13(16)18-11-8-5-7-6-9(8)12(15)17-10(7)11;1-5-13(2,3)12(16)17-10-8-9-6-7-14(10,4)18-11(9)15;1-4-13(2,3)12(15)18-9-7-5-6-8(16-7)10(9)17-11(6)14;9-8-7-4-2-1-3-6(7)5-10-8;1-5-7(2,3)6(8)9-4;1-2;;;;;;;;;;;;;;/h7-12H,5-6H2,1-4H3;8-11H,4-6H2,1-3H3;10H,6-9H2,1-5H3;7-11H,4-6H2,1-3H3;9-10H,5-8H2,1-4H3;6-10H,4-5H2,1-3H3;6-7H,1-5H2;5H2,1-4H3;1-2H3;14*1H4. The number of nitriles is 1. The van der Waals surface area contributed by atoms with Crippen LogP contribution in [0.3, 0.4) is 0 Å². The smallest absolute Gasteiger partial charge is 0.327 e. The van der Waals surface area contributed by atoms with Gasteiger partial charge in [0.15, 0.2) is 17.6 Å². The first-order valence-corrected chi connectivity index (χ1v) is 50.4. The number of cyclic esters (lactones) is 1. The fourth-order valence-corrected chi connectivity index (χ4v) is 21.8. The van der Waals surface area contributed by atoms with Crippen LogP contribution in [-0.4, -0.2) is 194 Å². The molecule has 9 saturated carbocycles. The van der Waals surface area contributed by atoms with Crippen molar-refractivity contribution in [2.45, 2.75) is 516 Å². The number of fused-ring (bicyclic) bond motifs is 10. The Balaban J connectivity index is -0.000000531. The van der Waals surface area contributed by atoms with Crippen molar-refractivity contribution >= 4 is 89.5 Å². The van der Waals surface area contributed by atoms with E-state index < -0.39 is 109 Å². The Morgan fingerprint density at radius 2 is 0.820 bits per heavy atom. The number of ether oxygens (including phenoxy) is 16. The number of hydrogen-bond donors (Lipinski definition) is 0. The van der Waals surface area contributed by atoms with Crippen molar-refractivity contribution in [1.29, 1.82) is 5.26 Å². The van der Waals surface area contributed by atoms with Gasteiger partial charge in [-0.2, -0.15) is 5.26 Å². The lowest BCUT2D eigenvalue weighted by Crippen LogP contribution is -2.57. The summed E-state index contributed by atoms with van der Waals surface area (Å²) in [4.78, 5) is 177. The zero-order chi connectivity index (χ0) is 102. The van der Waals surface area contributed by atoms with E-state index in [0.717, 1.165) is 70.6 Å². The van der Waals surface area contributed by atoms with Crippen LogP contribution < -0.4 is 0 Å². The van der Waals surface area contributed by atoms with Gasteiger partial charge in [0.1, 0.15) is 65.6 Å². The zero-order valence-corrected chi connectivity index (χ0v) is 86.0. The van der Waals surface area contributed by atoms with Crippen LogP contribution in [0.2, 0.25) is 0 Å². The molecule has 32 heteroatoms. The Kier molecular flexibility index (Phi) is 57.2. The summed E-state index contributed by atoms with van der Waals surface area (Å²) in [6.45, 7) is 50.2. The predicted octanol–water partition coefficient (Wildman–Crippen LogP) is 24.3. The number of carbonyl (C=O) groups excluding carboxylic acids is 15. The number of carbonyl (C=O) groups is 15. The summed E-state index contributed by atoms with van der Waals surface area (Å²) in [5.41, 5.74) is -6.35. The van der Waals surface area contributed by atoms with Crippen LogP contribution in [-0.2, 0) is 148 Å². The quantitative estimate of drug-likeness (QED) is 0.0760. The third-order valence-corrected chi connectivity index (χ3v) is 34.6. The van der Waals surface area contributed by atoms with Gasteiger partial charge in [-0.3, -0.25) is 71.9 Å². The summed E-state index contributed by atoms with van der Waals surface area (Å²) in [7, 11) is 2.73. The first-order valence-electron chi connectivity index (χ1n) is 50.4. The van der Waals surface area contributed by atoms with Crippen LogP contribution in [0.15, 0.2) is 0 Å². The molecule has 32 nitrogen and oxygen atoms in total. The molecule has 29 unspecified atom stereocenters. The molecule has 0 spiro atoms. The van der Waals surface area contributed by atoms with E-state index in [0.29, 0.717) is 76.2 Å². The molecule has 14 bridgehead atoms. The van der Waals surface area contributed by atoms with Gasteiger partial charge in [0.25, 0.3) is 0 Å². The summed E-state index contributed by atoms with van der Waals surface area (Å²) in [6, 6.07) is 2.15. The van der Waals surface area contributed by atoms with Crippen LogP contribution in [0, 0.1) is 138 Å². The number of methoxy groups -OCH3 is 2. The van der Waals surface area contributed by atoms with E-state index in [1.165, 1.54) is 33.5 Å². The zero-order valence-electron chi connectivity index (χ0n) is 86.0. The second-order valence-corrected chi connectivity index (χ2v) is 45.8. The molecule has 20 rings (SSSR count). The normalized spacial score (nSPS) is 33.4. The Hall–Kier alpha value is -8.50. The van der Waals surface area contributed by atoms with Crippen molar-refractivity contribution in [3.8, 4) is 6.07 Å². The van der Waals surface area contributed by atoms with E-state index in [4.69, 9.17) is 71.1 Å². The molecule has 0 aromatic rings. The Labute approximate surface area is 906 Å². The third-order valence-electron chi connectivity index (χ3n) is 34.6. The fraction of sp³-hybridized carbons (Fsp3) is 0.864. The van der Waals surface area contributed by atoms with E-state index in [1.807, 2.05) is 180 Å². The number of rotatable bonds is 21. The minimum Gasteiger partial charge on any atom is -0.469 e. The second kappa shape index (κ2) is 57.3. The Morgan fingerprint density at radius 1 is 0.380 bits per heavy atom. The van der Waals surface area contributed by atoms with Gasteiger partial charge in [-0.15, -0.1) is 0 Å². The summed E-state index contributed by atoms with van der Waals surface area (Å²) < 4.78 is 86.3. The molecular weight excluding hydrogens is 1930 g/mol. The van der Waals surface area contributed by atoms with Crippen molar-refractivity contribution in [2.24, 2.45) is 126 Å². The number of hydrogen-bond acceptors (Lipinski definition) is 32. The Bertz CT molecular complexity index is 4430. The lowest BCUT2D eigenvalue weighted by atomic mass is 9.71. The molecule has 29 atom stereocenters. The number of esters is 15. The maximum absolute atomic E-state index is 12.4. The minimum atomic E-state index is -0.974. The molecule has 0 aromatic carbocycles. The van der Waals surface area contributed by atoms with Crippen LogP contribution in [0.1, 0.15) is 432 Å². The third kappa shape index (κ3) is 29.4. The van der Waals surface area contributed by atoms with Crippen molar-refractivity contribution in [3.05, 3.63) is 0 Å². The fourth-order valence-electron chi connectivity index (χ4n) is 21.8. The molecule has 11 aliphatic heterocycles. The van der Waals surface area contributed by atoms with Gasteiger partial charge in [0.05, 0.1) is 112 Å². The molecule has 20 fully saturated rings. The van der Waals surface area contributed by atoms with Crippen LogP contribution in [0.5, 0.6) is 0 Å². The van der Waals surface area contributed by atoms with Gasteiger partial charge in [0.2, 0.25) is 0 Å². The second-order valence-electron chi connectivity index (χ2n) is 45.8. The molecule has 9 aliphatic carbocycles. The predicted molar refractivity (Wildman–Crippen MR) is 581 cm³/mol. The summed E-state index contributed by atoms with van der Waals surface area (Å²) in [6.07, 6.45) is 15.0. The topological polar surface area (TPSA) is 428 Å². The van der Waals surface area contributed by atoms with E-state index in [9.17, 15) is 77.2 Å². The molecule has 876 valence electrons. The first kappa shape index (κ1) is 150. The van der Waals surface area contributed by atoms with Crippen LogP contribution in [0.4, 0.5) is 0 Å². The molecule has 0 amide bonds. The SMILES string of the molecule is C.C.C.C.C.C.C.C.C.C.C.C.C.C.CC.CCC(C)(C)C(=O)OC.CCC(C)(C)C(=O)OC1(C)CCC2CC1(C)OC2=O.CCC(C)(C)C(=O)OC1C2CC3C(=O)OC1C3O2.CCC(C)(C)C(=O)OC1C2CC3C1OC(=O)C3(C#N)C2.CCC(C)(C)C(=O)OC1C2CC3C1OC(=O)C3C2C(=O)OC.CCC(C)(C)C(=O)OC1C2CC3CC2C(=O)OC31.CCC(C)(C)C(=O)OC1CC2CCC1(C)OC2=O.O=C1OCC2CCCCC12. The van der Waals surface area contributed by atoms with E-state index in [1.54, 1.807) is 0 Å². The largest absolute Gasteiger partial charge is 0.469 e. The molecule has 11 heterocycles. The highest BCUT2D eigenvalue weighted by atomic mass is 16.7. The van der Waals surface area contributed by atoms with Crippen LogP contribution in [0.25, 0.3) is 0 Å². The summed E-state index contributed by atoms with van der Waals surface area (Å²) in [5.74, 6) is -3.25. The number of nitrogens with zero attached hydrogens (tertiary/aromatic N) is 1. The van der Waals surface area contributed by atoms with Crippen LogP contribution >= 0.6 is 0 Å². The van der Waals surface area contributed by atoms with Crippen molar-refractivity contribution in [3.63, 3.8) is 0 Å². The average molecular weight is 2140 g/mol. The van der Waals surface area contributed by atoms with Gasteiger partial charge in [0, 0.05) is 54.3 Å².